The van der Waals surface area contributed by atoms with Crippen molar-refractivity contribution in [3.05, 3.63) is 42.7 Å². The van der Waals surface area contributed by atoms with E-state index in [4.69, 9.17) is 19.7 Å². The lowest BCUT2D eigenvalue weighted by Gasteiger charge is -2.28. The third-order valence-corrected chi connectivity index (χ3v) is 6.63. The molecule has 3 aromatic rings. The maximum Gasteiger partial charge on any atom is 0.323 e. The van der Waals surface area contributed by atoms with Crippen LogP contribution in [0.15, 0.2) is 42.7 Å². The Labute approximate surface area is 238 Å². The van der Waals surface area contributed by atoms with E-state index in [1.54, 1.807) is 18.2 Å². The van der Waals surface area contributed by atoms with Crippen LogP contribution in [0.3, 0.4) is 0 Å². The average molecular weight is 562 g/mol. The molecular formula is C27H35N11O3. The molecule has 5 rings (SSSR count). The minimum Gasteiger partial charge on any atom is -0.378 e. The van der Waals surface area contributed by atoms with Gasteiger partial charge in [0.05, 0.1) is 31.3 Å². The number of aromatic nitrogens is 5. The number of anilines is 4. The zero-order chi connectivity index (χ0) is 28.6. The molecule has 2 aromatic heterocycles. The smallest absolute Gasteiger partial charge is 0.323 e. The molecule has 2 aliphatic rings. The van der Waals surface area contributed by atoms with E-state index in [1.165, 1.54) is 12.4 Å². The number of rotatable bonds is 6. The summed E-state index contributed by atoms with van der Waals surface area (Å²) in [6, 6.07) is 8.63. The van der Waals surface area contributed by atoms with Crippen LogP contribution in [0.5, 0.6) is 0 Å². The third-order valence-electron chi connectivity index (χ3n) is 6.63. The number of ether oxygens (including phenoxy) is 1. The molecule has 0 bridgehead atoms. The summed E-state index contributed by atoms with van der Waals surface area (Å²) in [5, 5.41) is 16.0. The van der Waals surface area contributed by atoms with Gasteiger partial charge in [0.15, 0.2) is 5.82 Å². The van der Waals surface area contributed by atoms with Gasteiger partial charge in [-0.1, -0.05) is 0 Å². The summed E-state index contributed by atoms with van der Waals surface area (Å²) in [7, 11) is 0. The van der Waals surface area contributed by atoms with Gasteiger partial charge in [0.25, 0.3) is 0 Å². The first-order valence-electron chi connectivity index (χ1n) is 13.8. The number of nitrogens with zero attached hydrogens (tertiary/aromatic N) is 8. The average Bonchev–Trinajstić information content (AvgIpc) is 3.25. The maximum absolute atomic E-state index is 12.6. The Morgan fingerprint density at radius 3 is 2.20 bits per heavy atom. The molecule has 4 heterocycles. The lowest BCUT2D eigenvalue weighted by molar-refractivity contribution is 0.122. The molecule has 0 aliphatic carbocycles. The fourth-order valence-corrected chi connectivity index (χ4v) is 4.55. The first-order chi connectivity index (χ1) is 19.9. The highest BCUT2D eigenvalue weighted by Crippen LogP contribution is 2.24. The fraction of sp³-hybridized carbons (Fsp3) is 0.444. The number of hydrogen-bond acceptors (Lipinski definition) is 10. The van der Waals surface area contributed by atoms with Gasteiger partial charge in [-0.05, 0) is 50.6 Å². The van der Waals surface area contributed by atoms with Crippen molar-refractivity contribution in [2.24, 2.45) is 0 Å². The molecule has 3 N–H and O–H groups in total. The first kappa shape index (κ1) is 28.0. The van der Waals surface area contributed by atoms with E-state index in [2.05, 4.69) is 35.9 Å². The SMILES string of the molecule is CC(C)NC(=O)N1CCCN(c2nc(-c3ccc(NC(=O)Nc4ccnnc4)cc3)nc(N3CCOCC3)n2)CC1. The number of amides is 4. The van der Waals surface area contributed by atoms with E-state index in [0.717, 1.165) is 18.5 Å². The molecule has 41 heavy (non-hydrogen) atoms. The second kappa shape index (κ2) is 13.2. The fourth-order valence-electron chi connectivity index (χ4n) is 4.55. The number of carbonyl (C=O) groups excluding carboxylic acids is 2. The van der Waals surface area contributed by atoms with Gasteiger partial charge in [0.2, 0.25) is 11.9 Å². The minimum atomic E-state index is -0.389. The number of benzene rings is 1. The molecule has 0 unspecified atom stereocenters. The largest absolute Gasteiger partial charge is 0.378 e. The zero-order valence-corrected chi connectivity index (χ0v) is 23.3. The molecule has 4 amide bonds. The molecule has 14 heteroatoms. The standard InChI is InChI=1S/C27H35N11O3/c1-19(2)30-27(40)38-11-3-10-36(12-13-38)24-33-23(34-25(35-24)37-14-16-41-17-15-37)20-4-6-21(7-5-20)31-26(39)32-22-8-9-28-29-18-22/h4-9,18-19H,3,10-17H2,1-2H3,(H,30,40)(H2,28,31,32,39). The third kappa shape index (κ3) is 7.54. The van der Waals surface area contributed by atoms with Crippen LogP contribution in [0.1, 0.15) is 20.3 Å². The summed E-state index contributed by atoms with van der Waals surface area (Å²) in [4.78, 5) is 45.5. The van der Waals surface area contributed by atoms with E-state index >= 15 is 0 Å². The molecule has 0 atom stereocenters. The van der Waals surface area contributed by atoms with Crippen LogP contribution < -0.4 is 25.8 Å². The normalized spacial score (nSPS) is 15.8. The van der Waals surface area contributed by atoms with Crippen molar-refractivity contribution in [2.75, 3.05) is 72.9 Å². The van der Waals surface area contributed by atoms with Crippen LogP contribution in [0.25, 0.3) is 11.4 Å². The molecule has 2 saturated heterocycles. The van der Waals surface area contributed by atoms with Gasteiger partial charge in [-0.25, -0.2) is 9.59 Å². The van der Waals surface area contributed by atoms with E-state index in [0.29, 0.717) is 75.0 Å². The molecule has 0 radical (unpaired) electrons. The number of carbonyl (C=O) groups is 2. The van der Waals surface area contributed by atoms with Crippen LogP contribution in [0, 0.1) is 0 Å². The molecule has 0 spiro atoms. The molecule has 0 saturated carbocycles. The van der Waals surface area contributed by atoms with Crippen molar-refractivity contribution in [2.45, 2.75) is 26.3 Å². The predicted molar refractivity (Wildman–Crippen MR) is 155 cm³/mol. The minimum absolute atomic E-state index is 0.0491. The number of nitrogens with one attached hydrogen (secondary N) is 3. The summed E-state index contributed by atoms with van der Waals surface area (Å²) in [6.07, 6.45) is 3.77. The molecule has 216 valence electrons. The zero-order valence-electron chi connectivity index (χ0n) is 23.3. The Morgan fingerprint density at radius 2 is 1.51 bits per heavy atom. The monoisotopic (exact) mass is 561 g/mol. The van der Waals surface area contributed by atoms with E-state index in [1.807, 2.05) is 30.9 Å². The highest BCUT2D eigenvalue weighted by molar-refractivity contribution is 5.99. The van der Waals surface area contributed by atoms with Crippen LogP contribution in [0.2, 0.25) is 0 Å². The summed E-state index contributed by atoms with van der Waals surface area (Å²) in [5.41, 5.74) is 1.95. The topological polar surface area (TPSA) is 154 Å². The Kier molecular flexibility index (Phi) is 8.98. The number of morpholine rings is 1. The van der Waals surface area contributed by atoms with Gasteiger partial charge in [-0.2, -0.15) is 25.1 Å². The first-order valence-corrected chi connectivity index (χ1v) is 13.8. The molecule has 2 aliphatic heterocycles. The summed E-state index contributed by atoms with van der Waals surface area (Å²) < 4.78 is 5.53. The van der Waals surface area contributed by atoms with Crippen molar-refractivity contribution in [3.63, 3.8) is 0 Å². The summed E-state index contributed by atoms with van der Waals surface area (Å²) in [5.74, 6) is 1.71. The highest BCUT2D eigenvalue weighted by Gasteiger charge is 2.24. The van der Waals surface area contributed by atoms with Gasteiger partial charge < -0.3 is 35.4 Å². The van der Waals surface area contributed by atoms with Crippen molar-refractivity contribution in [1.82, 2.24) is 35.4 Å². The molecule has 1 aromatic carbocycles. The van der Waals surface area contributed by atoms with E-state index in [9.17, 15) is 9.59 Å². The van der Waals surface area contributed by atoms with Gasteiger partial charge in [0, 0.05) is 56.6 Å². The second-order valence-electron chi connectivity index (χ2n) is 10.1. The van der Waals surface area contributed by atoms with Crippen LogP contribution in [-0.4, -0.2) is 101 Å². The lowest BCUT2D eigenvalue weighted by Crippen LogP contribution is -2.44. The van der Waals surface area contributed by atoms with Gasteiger partial charge in [-0.15, -0.1) is 0 Å². The lowest BCUT2D eigenvalue weighted by atomic mass is 10.2. The van der Waals surface area contributed by atoms with Crippen molar-refractivity contribution >= 4 is 35.3 Å². The van der Waals surface area contributed by atoms with Crippen molar-refractivity contribution in [1.29, 1.82) is 0 Å². The van der Waals surface area contributed by atoms with Gasteiger partial charge >= 0.3 is 12.1 Å². The van der Waals surface area contributed by atoms with E-state index < -0.39 is 0 Å². The number of urea groups is 2. The van der Waals surface area contributed by atoms with Gasteiger partial charge in [0.1, 0.15) is 0 Å². The Bertz CT molecular complexity index is 1320. The Balaban J connectivity index is 1.34. The van der Waals surface area contributed by atoms with E-state index in [-0.39, 0.29) is 18.1 Å². The van der Waals surface area contributed by atoms with Crippen LogP contribution in [-0.2, 0) is 4.74 Å². The van der Waals surface area contributed by atoms with Crippen LogP contribution >= 0.6 is 0 Å². The van der Waals surface area contributed by atoms with Crippen molar-refractivity contribution < 1.29 is 14.3 Å². The number of hydrogen-bond donors (Lipinski definition) is 3. The maximum atomic E-state index is 12.6. The molecular weight excluding hydrogens is 526 g/mol. The Hall–Kier alpha value is -4.59. The predicted octanol–water partition coefficient (Wildman–Crippen LogP) is 2.44. The summed E-state index contributed by atoms with van der Waals surface area (Å²) >= 11 is 0. The molecule has 2 fully saturated rings. The quantitative estimate of drug-likeness (QED) is 0.409. The second-order valence-corrected chi connectivity index (χ2v) is 10.1. The van der Waals surface area contributed by atoms with Gasteiger partial charge in [-0.3, -0.25) is 0 Å². The highest BCUT2D eigenvalue weighted by atomic mass is 16.5. The Morgan fingerprint density at radius 1 is 0.805 bits per heavy atom. The summed E-state index contributed by atoms with van der Waals surface area (Å²) in [6.45, 7) is 9.10. The molecule has 14 nitrogen and oxygen atoms in total. The van der Waals surface area contributed by atoms with Crippen LogP contribution in [0.4, 0.5) is 32.9 Å². The van der Waals surface area contributed by atoms with Crippen molar-refractivity contribution in [3.8, 4) is 11.4 Å².